The summed E-state index contributed by atoms with van der Waals surface area (Å²) in [5.41, 5.74) is 1.06. The zero-order valence-electron chi connectivity index (χ0n) is 6.50. The molecule has 58 valence electrons. The molecule has 2 rings (SSSR count). The highest BCUT2D eigenvalue weighted by Crippen LogP contribution is 2.26. The number of rotatable bonds is 0. The Morgan fingerprint density at radius 1 is 1.45 bits per heavy atom. The van der Waals surface area contributed by atoms with Crippen molar-refractivity contribution in [3.63, 3.8) is 0 Å². The number of nitrogens with zero attached hydrogens (tertiary/aromatic N) is 2. The standard InChI is InChI=1S/C8H10N2O/c1-5-9-7-4-2-3-6(7)8(11)10-5/h6H,2-4H2,1H3. The summed E-state index contributed by atoms with van der Waals surface area (Å²) in [5, 5.41) is 0. The second-order valence-corrected chi connectivity index (χ2v) is 3.05. The molecule has 0 aromatic rings. The quantitative estimate of drug-likeness (QED) is 0.511. The number of amidine groups is 1. The molecule has 3 nitrogen and oxygen atoms in total. The van der Waals surface area contributed by atoms with E-state index in [9.17, 15) is 4.79 Å². The summed E-state index contributed by atoms with van der Waals surface area (Å²) < 4.78 is 0. The largest absolute Gasteiger partial charge is 0.272 e. The number of aliphatic imine (C=N–C) groups is 2. The number of amides is 1. The molecule has 11 heavy (non-hydrogen) atoms. The molecule has 1 heterocycles. The predicted octanol–water partition coefficient (Wildman–Crippen LogP) is 1.19. The summed E-state index contributed by atoms with van der Waals surface area (Å²) in [6, 6.07) is 0. The van der Waals surface area contributed by atoms with Crippen molar-refractivity contribution >= 4 is 17.5 Å². The number of carbonyl (C=O) groups excluding carboxylic acids is 1. The fourth-order valence-corrected chi connectivity index (χ4v) is 1.70. The maximum absolute atomic E-state index is 11.2. The van der Waals surface area contributed by atoms with Crippen LogP contribution in [0.15, 0.2) is 9.98 Å². The van der Waals surface area contributed by atoms with Crippen LogP contribution in [-0.2, 0) is 4.79 Å². The average molecular weight is 150 g/mol. The van der Waals surface area contributed by atoms with Crippen LogP contribution in [0, 0.1) is 5.92 Å². The summed E-state index contributed by atoms with van der Waals surface area (Å²) in [6.45, 7) is 1.78. The van der Waals surface area contributed by atoms with E-state index in [1.807, 2.05) is 0 Å². The highest BCUT2D eigenvalue weighted by atomic mass is 16.1. The highest BCUT2D eigenvalue weighted by Gasteiger charge is 2.31. The summed E-state index contributed by atoms with van der Waals surface area (Å²) in [7, 11) is 0. The van der Waals surface area contributed by atoms with Crippen LogP contribution in [0.25, 0.3) is 0 Å². The molecule has 1 saturated carbocycles. The van der Waals surface area contributed by atoms with E-state index in [0.717, 1.165) is 25.0 Å². The molecule has 0 spiro atoms. The van der Waals surface area contributed by atoms with Gasteiger partial charge in [-0.25, -0.2) is 4.99 Å². The van der Waals surface area contributed by atoms with Crippen LogP contribution in [0.5, 0.6) is 0 Å². The summed E-state index contributed by atoms with van der Waals surface area (Å²) >= 11 is 0. The number of carbonyl (C=O) groups is 1. The lowest BCUT2D eigenvalue weighted by molar-refractivity contribution is -0.119. The third-order valence-corrected chi connectivity index (χ3v) is 2.20. The predicted molar refractivity (Wildman–Crippen MR) is 42.9 cm³/mol. The molecule has 1 unspecified atom stereocenters. The van der Waals surface area contributed by atoms with E-state index in [4.69, 9.17) is 0 Å². The third-order valence-electron chi connectivity index (χ3n) is 2.20. The lowest BCUT2D eigenvalue weighted by Crippen LogP contribution is -2.22. The van der Waals surface area contributed by atoms with E-state index in [-0.39, 0.29) is 11.8 Å². The Labute approximate surface area is 65.2 Å². The lowest BCUT2D eigenvalue weighted by Gasteiger charge is -2.10. The molecule has 2 aliphatic rings. The van der Waals surface area contributed by atoms with Gasteiger partial charge in [0.2, 0.25) is 0 Å². The Hall–Kier alpha value is -0.990. The van der Waals surface area contributed by atoms with Crippen LogP contribution >= 0.6 is 0 Å². The topological polar surface area (TPSA) is 41.8 Å². The molecular weight excluding hydrogens is 140 g/mol. The van der Waals surface area contributed by atoms with Gasteiger partial charge in [0.15, 0.2) is 0 Å². The van der Waals surface area contributed by atoms with Crippen molar-refractivity contribution in [2.45, 2.75) is 26.2 Å². The molecule has 0 N–H and O–H groups in total. The molecule has 0 bridgehead atoms. The van der Waals surface area contributed by atoms with Crippen molar-refractivity contribution < 1.29 is 4.79 Å². The SMILES string of the molecule is CC1=NC(=O)C2CCCC2=N1. The first kappa shape index (κ1) is 6.70. The first-order chi connectivity index (χ1) is 5.27. The second-order valence-electron chi connectivity index (χ2n) is 3.05. The van der Waals surface area contributed by atoms with Crippen molar-refractivity contribution in [1.29, 1.82) is 0 Å². The van der Waals surface area contributed by atoms with E-state index >= 15 is 0 Å². The first-order valence-corrected chi connectivity index (χ1v) is 3.94. The molecule has 1 aliphatic carbocycles. The number of fused-ring (bicyclic) bond motifs is 1. The first-order valence-electron chi connectivity index (χ1n) is 3.94. The Morgan fingerprint density at radius 2 is 2.27 bits per heavy atom. The Balaban J connectivity index is 2.36. The highest BCUT2D eigenvalue weighted by molar-refractivity contribution is 6.16. The zero-order chi connectivity index (χ0) is 7.84. The van der Waals surface area contributed by atoms with Crippen LogP contribution in [0.2, 0.25) is 0 Å². The number of hydrogen-bond donors (Lipinski definition) is 0. The summed E-state index contributed by atoms with van der Waals surface area (Å²) in [4.78, 5) is 19.3. The minimum Gasteiger partial charge on any atom is -0.272 e. The fourth-order valence-electron chi connectivity index (χ4n) is 1.70. The van der Waals surface area contributed by atoms with Crippen LogP contribution < -0.4 is 0 Å². The van der Waals surface area contributed by atoms with Gasteiger partial charge in [0.1, 0.15) is 5.84 Å². The van der Waals surface area contributed by atoms with Gasteiger partial charge in [-0.05, 0) is 26.2 Å². The normalized spacial score (nSPS) is 29.5. The van der Waals surface area contributed by atoms with E-state index in [0.29, 0.717) is 5.84 Å². The van der Waals surface area contributed by atoms with Crippen LogP contribution in [0.4, 0.5) is 0 Å². The molecule has 0 radical (unpaired) electrons. The summed E-state index contributed by atoms with van der Waals surface area (Å²) in [5.74, 6) is 0.687. The maximum atomic E-state index is 11.2. The second kappa shape index (κ2) is 2.26. The lowest BCUT2D eigenvalue weighted by atomic mass is 10.1. The molecule has 0 aromatic carbocycles. The molecule has 1 fully saturated rings. The molecule has 3 heteroatoms. The molecular formula is C8H10N2O. The average Bonchev–Trinajstić information content (AvgIpc) is 2.34. The monoisotopic (exact) mass is 150 g/mol. The Morgan fingerprint density at radius 3 is 3.09 bits per heavy atom. The Bertz CT molecular complexity index is 265. The van der Waals surface area contributed by atoms with Crippen LogP contribution in [0.1, 0.15) is 26.2 Å². The molecule has 1 amide bonds. The Kier molecular flexibility index (Phi) is 1.37. The van der Waals surface area contributed by atoms with Gasteiger partial charge in [-0.1, -0.05) is 0 Å². The minimum absolute atomic E-state index is 0.0185. The smallest absolute Gasteiger partial charge is 0.256 e. The van der Waals surface area contributed by atoms with Crippen molar-refractivity contribution in [3.05, 3.63) is 0 Å². The van der Waals surface area contributed by atoms with Gasteiger partial charge in [-0.15, -0.1) is 0 Å². The van der Waals surface area contributed by atoms with Crippen LogP contribution in [0.3, 0.4) is 0 Å². The molecule has 0 saturated heterocycles. The van der Waals surface area contributed by atoms with Gasteiger partial charge in [0.05, 0.1) is 5.92 Å². The summed E-state index contributed by atoms with van der Waals surface area (Å²) in [6.07, 6.45) is 3.04. The van der Waals surface area contributed by atoms with E-state index < -0.39 is 0 Å². The minimum atomic E-state index is 0.0185. The van der Waals surface area contributed by atoms with E-state index in [1.165, 1.54) is 0 Å². The van der Waals surface area contributed by atoms with Gasteiger partial charge in [-0.2, -0.15) is 4.99 Å². The van der Waals surface area contributed by atoms with E-state index in [2.05, 4.69) is 9.98 Å². The fraction of sp³-hybridized carbons (Fsp3) is 0.625. The molecule has 0 aromatic heterocycles. The molecule has 1 aliphatic heterocycles. The van der Waals surface area contributed by atoms with Gasteiger partial charge >= 0.3 is 0 Å². The van der Waals surface area contributed by atoms with Gasteiger partial charge in [-0.3, -0.25) is 4.79 Å². The third kappa shape index (κ3) is 1.00. The maximum Gasteiger partial charge on any atom is 0.256 e. The molecule has 1 atom stereocenters. The number of hydrogen-bond acceptors (Lipinski definition) is 2. The zero-order valence-corrected chi connectivity index (χ0v) is 6.50. The van der Waals surface area contributed by atoms with Crippen molar-refractivity contribution in [2.75, 3.05) is 0 Å². The van der Waals surface area contributed by atoms with Crippen molar-refractivity contribution in [2.24, 2.45) is 15.9 Å². The van der Waals surface area contributed by atoms with Gasteiger partial charge < -0.3 is 0 Å². The van der Waals surface area contributed by atoms with Crippen molar-refractivity contribution in [1.82, 2.24) is 0 Å². The van der Waals surface area contributed by atoms with Crippen LogP contribution in [-0.4, -0.2) is 17.5 Å². The van der Waals surface area contributed by atoms with Crippen molar-refractivity contribution in [3.8, 4) is 0 Å². The van der Waals surface area contributed by atoms with E-state index in [1.54, 1.807) is 6.92 Å². The van der Waals surface area contributed by atoms with Gasteiger partial charge in [0.25, 0.3) is 5.91 Å². The van der Waals surface area contributed by atoms with Gasteiger partial charge in [0, 0.05) is 5.71 Å².